The standard InChI is InChI=1S/C21H26N2O2S2.C2HF3O2/c24-20(10-17-4-1-8-26-17)23-12-16-11-21(19(14-23)25-16)6-3-7-22(15-21)13-18-5-2-9-27-18;3-2(4,5)1(6)7/h1-2,4-5,8-9,16,19H,3,6-7,10-15H2;(H,6,7)/t16-,19-,21+;/m0./s1. The first kappa shape index (κ1) is 25.2. The van der Waals surface area contributed by atoms with Gasteiger partial charge in [-0.05, 0) is 48.7 Å². The monoisotopic (exact) mass is 516 g/mol. The van der Waals surface area contributed by atoms with Crippen molar-refractivity contribution < 1.29 is 32.6 Å². The number of piperidine rings is 1. The van der Waals surface area contributed by atoms with Gasteiger partial charge in [0, 0.05) is 41.3 Å². The number of carboxylic acid groups (broad SMARTS) is 1. The zero-order valence-corrected chi connectivity index (χ0v) is 20.1. The second-order valence-electron chi connectivity index (χ2n) is 9.06. The lowest BCUT2D eigenvalue weighted by molar-refractivity contribution is -0.192. The molecule has 2 aromatic rings. The topological polar surface area (TPSA) is 70.1 Å². The van der Waals surface area contributed by atoms with Crippen LogP contribution in [0.5, 0.6) is 0 Å². The predicted octanol–water partition coefficient (Wildman–Crippen LogP) is 4.27. The number of carbonyl (C=O) groups is 2. The summed E-state index contributed by atoms with van der Waals surface area (Å²) in [5.41, 5.74) is 0.234. The van der Waals surface area contributed by atoms with Crippen molar-refractivity contribution in [3.63, 3.8) is 0 Å². The Balaban J connectivity index is 0.000000344. The summed E-state index contributed by atoms with van der Waals surface area (Å²) in [6.45, 7) is 4.88. The molecule has 0 aromatic carbocycles. The molecule has 2 bridgehead atoms. The quantitative estimate of drug-likeness (QED) is 0.658. The van der Waals surface area contributed by atoms with Gasteiger partial charge in [-0.15, -0.1) is 22.7 Å². The van der Waals surface area contributed by atoms with Crippen LogP contribution in [0.15, 0.2) is 35.0 Å². The number of alkyl halides is 3. The van der Waals surface area contributed by atoms with Gasteiger partial charge in [-0.2, -0.15) is 13.2 Å². The van der Waals surface area contributed by atoms with E-state index in [1.54, 1.807) is 11.3 Å². The molecule has 11 heteroatoms. The van der Waals surface area contributed by atoms with Gasteiger partial charge in [-0.1, -0.05) is 12.1 Å². The van der Waals surface area contributed by atoms with Crippen LogP contribution in [0.1, 0.15) is 29.0 Å². The van der Waals surface area contributed by atoms with E-state index in [9.17, 15) is 18.0 Å². The van der Waals surface area contributed by atoms with Crippen LogP contribution < -0.4 is 0 Å². The van der Waals surface area contributed by atoms with Crippen molar-refractivity contribution in [3.05, 3.63) is 44.8 Å². The Hall–Kier alpha value is -1.95. The first-order valence-corrected chi connectivity index (χ1v) is 12.9. The van der Waals surface area contributed by atoms with E-state index in [1.807, 2.05) is 22.8 Å². The van der Waals surface area contributed by atoms with Crippen molar-refractivity contribution in [3.8, 4) is 0 Å². The summed E-state index contributed by atoms with van der Waals surface area (Å²) in [5.74, 6) is -2.49. The fraction of sp³-hybridized carbons (Fsp3) is 0.565. The third-order valence-electron chi connectivity index (χ3n) is 6.63. The Kier molecular flexibility index (Phi) is 7.66. The van der Waals surface area contributed by atoms with Crippen molar-refractivity contribution >= 4 is 34.6 Å². The number of likely N-dealkylation sites (tertiary alicyclic amines) is 2. The maximum absolute atomic E-state index is 12.8. The zero-order valence-electron chi connectivity index (χ0n) is 18.5. The van der Waals surface area contributed by atoms with Gasteiger partial charge in [0.2, 0.25) is 5.91 Å². The molecule has 3 fully saturated rings. The van der Waals surface area contributed by atoms with E-state index in [2.05, 4.69) is 33.4 Å². The minimum absolute atomic E-state index is 0.203. The number of aliphatic carboxylic acids is 1. The Morgan fingerprint density at radius 1 is 1.15 bits per heavy atom. The highest BCUT2D eigenvalue weighted by Crippen LogP contribution is 2.48. The van der Waals surface area contributed by atoms with Gasteiger partial charge in [0.15, 0.2) is 0 Å². The highest BCUT2D eigenvalue weighted by molar-refractivity contribution is 7.10. The van der Waals surface area contributed by atoms with E-state index < -0.39 is 12.1 Å². The number of fused-ring (bicyclic) bond motifs is 3. The highest BCUT2D eigenvalue weighted by atomic mass is 32.1. The lowest BCUT2D eigenvalue weighted by atomic mass is 9.73. The number of amides is 1. The molecule has 5 rings (SSSR count). The van der Waals surface area contributed by atoms with Crippen molar-refractivity contribution in [1.29, 1.82) is 0 Å². The lowest BCUT2D eigenvalue weighted by Gasteiger charge is -2.44. The molecule has 0 saturated carbocycles. The largest absolute Gasteiger partial charge is 0.490 e. The van der Waals surface area contributed by atoms with Crippen LogP contribution in [0, 0.1) is 5.41 Å². The van der Waals surface area contributed by atoms with E-state index in [0.717, 1.165) is 37.5 Å². The normalized spacial score (nSPS) is 26.9. The van der Waals surface area contributed by atoms with Crippen LogP contribution >= 0.6 is 22.7 Å². The number of thiophene rings is 2. The number of ether oxygens (including phenoxy) is 1. The van der Waals surface area contributed by atoms with E-state index in [4.69, 9.17) is 14.6 Å². The Labute approximate surface area is 203 Å². The fourth-order valence-electron chi connectivity index (χ4n) is 5.20. The van der Waals surface area contributed by atoms with Crippen molar-refractivity contribution in [2.45, 2.75) is 50.6 Å². The van der Waals surface area contributed by atoms with Gasteiger partial charge < -0.3 is 14.7 Å². The molecule has 5 heterocycles. The molecular weight excluding hydrogens is 489 g/mol. The molecule has 2 aromatic heterocycles. The van der Waals surface area contributed by atoms with Crippen LogP contribution in [-0.4, -0.2) is 71.3 Å². The Morgan fingerprint density at radius 3 is 2.44 bits per heavy atom. The van der Waals surface area contributed by atoms with Gasteiger partial charge in [-0.25, -0.2) is 4.79 Å². The SMILES string of the molecule is O=C(Cc1cccs1)N1C[C@@H]2C[C@@]3(CCCN(Cc4cccs4)C3)[C@H](C1)O2.O=C(O)C(F)(F)F. The molecule has 3 saturated heterocycles. The van der Waals surface area contributed by atoms with Crippen LogP contribution in [0.25, 0.3) is 0 Å². The summed E-state index contributed by atoms with van der Waals surface area (Å²) in [7, 11) is 0. The molecule has 186 valence electrons. The molecule has 0 unspecified atom stereocenters. The van der Waals surface area contributed by atoms with Gasteiger partial charge in [0.25, 0.3) is 0 Å². The lowest BCUT2D eigenvalue weighted by Crippen LogP contribution is -2.52. The molecule has 1 N–H and O–H groups in total. The summed E-state index contributed by atoms with van der Waals surface area (Å²) in [5, 5.41) is 11.3. The van der Waals surface area contributed by atoms with E-state index >= 15 is 0 Å². The minimum Gasteiger partial charge on any atom is -0.475 e. The number of carbonyl (C=O) groups excluding carboxylic acids is 1. The molecule has 1 amide bonds. The molecule has 1 spiro atoms. The molecule has 0 aliphatic carbocycles. The highest BCUT2D eigenvalue weighted by Gasteiger charge is 2.53. The first-order chi connectivity index (χ1) is 16.1. The number of hydrogen-bond donors (Lipinski definition) is 1. The summed E-state index contributed by atoms with van der Waals surface area (Å²) >= 11 is 3.52. The predicted molar refractivity (Wildman–Crippen MR) is 123 cm³/mol. The molecule has 3 aliphatic rings. The van der Waals surface area contributed by atoms with E-state index in [-0.39, 0.29) is 23.5 Å². The minimum atomic E-state index is -5.08. The third-order valence-corrected chi connectivity index (χ3v) is 8.37. The summed E-state index contributed by atoms with van der Waals surface area (Å²) in [4.78, 5) is 29.0. The maximum Gasteiger partial charge on any atom is 0.490 e. The third kappa shape index (κ3) is 5.99. The number of nitrogens with zero attached hydrogens (tertiary/aromatic N) is 2. The number of rotatable bonds is 4. The zero-order chi connectivity index (χ0) is 24.3. The van der Waals surface area contributed by atoms with Gasteiger partial charge >= 0.3 is 12.1 Å². The van der Waals surface area contributed by atoms with E-state index in [1.165, 1.54) is 24.3 Å². The average Bonchev–Trinajstić information content (AvgIpc) is 3.51. The average molecular weight is 517 g/mol. The molecule has 3 aliphatic heterocycles. The maximum atomic E-state index is 12.8. The molecule has 6 nitrogen and oxygen atoms in total. The Bertz CT molecular complexity index is 968. The number of morpholine rings is 1. The second-order valence-corrected chi connectivity index (χ2v) is 11.1. The van der Waals surface area contributed by atoms with Gasteiger partial charge in [0.1, 0.15) is 0 Å². The fourth-order valence-corrected chi connectivity index (χ4v) is 6.64. The van der Waals surface area contributed by atoms with Crippen molar-refractivity contribution in [2.75, 3.05) is 26.2 Å². The van der Waals surface area contributed by atoms with Crippen LogP contribution in [0.2, 0.25) is 0 Å². The van der Waals surface area contributed by atoms with Crippen molar-refractivity contribution in [2.24, 2.45) is 5.41 Å². The molecular formula is C23H27F3N2O4S2. The summed E-state index contributed by atoms with van der Waals surface area (Å²) in [6, 6.07) is 8.46. The summed E-state index contributed by atoms with van der Waals surface area (Å²) in [6.07, 6.45) is -0.536. The molecule has 3 atom stereocenters. The second kappa shape index (κ2) is 10.3. The number of hydrogen-bond acceptors (Lipinski definition) is 6. The van der Waals surface area contributed by atoms with Gasteiger partial charge in [-0.3, -0.25) is 9.69 Å². The van der Waals surface area contributed by atoms with E-state index in [0.29, 0.717) is 6.42 Å². The van der Waals surface area contributed by atoms with Crippen LogP contribution in [0.4, 0.5) is 13.2 Å². The number of halogens is 3. The van der Waals surface area contributed by atoms with Crippen LogP contribution in [-0.2, 0) is 27.3 Å². The van der Waals surface area contributed by atoms with Crippen LogP contribution in [0.3, 0.4) is 0 Å². The number of carboxylic acids is 1. The Morgan fingerprint density at radius 2 is 1.82 bits per heavy atom. The smallest absolute Gasteiger partial charge is 0.475 e. The van der Waals surface area contributed by atoms with Crippen molar-refractivity contribution in [1.82, 2.24) is 9.80 Å². The molecule has 34 heavy (non-hydrogen) atoms. The molecule has 0 radical (unpaired) electrons. The summed E-state index contributed by atoms with van der Waals surface area (Å²) < 4.78 is 38.1. The van der Waals surface area contributed by atoms with Gasteiger partial charge in [0.05, 0.1) is 18.6 Å². The first-order valence-electron chi connectivity index (χ1n) is 11.2.